The summed E-state index contributed by atoms with van der Waals surface area (Å²) in [5.41, 5.74) is 1.17. The van der Waals surface area contributed by atoms with Gasteiger partial charge in [-0.15, -0.1) is 0 Å². The first-order valence-electron chi connectivity index (χ1n) is 5.62. The Hall–Kier alpha value is -2.01. The third-order valence-electron chi connectivity index (χ3n) is 2.82. The predicted molar refractivity (Wildman–Crippen MR) is 70.5 cm³/mol. The minimum absolute atomic E-state index is 0.102. The smallest absolute Gasteiger partial charge is 0.325 e. The number of halogens is 1. The highest BCUT2D eigenvalue weighted by atomic mass is 35.5. The molecule has 0 saturated carbocycles. The Morgan fingerprint density at radius 2 is 2.11 bits per heavy atom. The molecule has 0 aliphatic rings. The maximum Gasteiger partial charge on any atom is 0.325 e. The fourth-order valence-corrected chi connectivity index (χ4v) is 1.91. The number of carbonyl (C=O) groups excluding carboxylic acids is 1. The molecular weight excluding hydrogens is 270 g/mol. The van der Waals surface area contributed by atoms with E-state index in [1.807, 2.05) is 0 Å². The first-order chi connectivity index (χ1) is 8.90. The van der Waals surface area contributed by atoms with E-state index in [1.54, 1.807) is 25.1 Å². The summed E-state index contributed by atoms with van der Waals surface area (Å²) < 4.78 is 5.43. The zero-order chi connectivity index (χ0) is 14.2. The van der Waals surface area contributed by atoms with Crippen molar-refractivity contribution in [2.75, 3.05) is 0 Å². The number of carboxylic acid groups (broad SMARTS) is 1. The van der Waals surface area contributed by atoms with Crippen LogP contribution in [0.1, 0.15) is 23.0 Å². The number of aryl methyl sites for hydroxylation is 1. The molecule has 1 heterocycles. The van der Waals surface area contributed by atoms with Crippen molar-refractivity contribution < 1.29 is 19.1 Å². The Kier molecular flexibility index (Phi) is 3.48. The zero-order valence-electron chi connectivity index (χ0n) is 10.4. The summed E-state index contributed by atoms with van der Waals surface area (Å²) in [6.07, 6.45) is 0. The van der Waals surface area contributed by atoms with Gasteiger partial charge in [-0.2, -0.15) is 0 Å². The number of nitrogens with one attached hydrogen (secondary N) is 1. The van der Waals surface area contributed by atoms with Gasteiger partial charge in [0.15, 0.2) is 5.76 Å². The average Bonchev–Trinajstić information content (AvgIpc) is 2.66. The lowest BCUT2D eigenvalue weighted by Gasteiger charge is -2.07. The van der Waals surface area contributed by atoms with Gasteiger partial charge in [-0.05, 0) is 32.0 Å². The van der Waals surface area contributed by atoms with Gasteiger partial charge in [0, 0.05) is 16.0 Å². The number of rotatable bonds is 3. The third-order valence-corrected chi connectivity index (χ3v) is 3.06. The van der Waals surface area contributed by atoms with Crippen LogP contribution < -0.4 is 5.32 Å². The average molecular weight is 282 g/mol. The SMILES string of the molecule is Cc1c(C(=O)N[C@H](C)C(=O)O)oc2ccc(Cl)cc12. The largest absolute Gasteiger partial charge is 0.480 e. The number of carbonyl (C=O) groups is 2. The van der Waals surface area contributed by atoms with E-state index in [2.05, 4.69) is 5.32 Å². The second-order valence-corrected chi connectivity index (χ2v) is 4.67. The lowest BCUT2D eigenvalue weighted by Crippen LogP contribution is -2.38. The summed E-state index contributed by atoms with van der Waals surface area (Å²) in [6.45, 7) is 3.11. The zero-order valence-corrected chi connectivity index (χ0v) is 11.1. The van der Waals surface area contributed by atoms with E-state index in [4.69, 9.17) is 21.1 Å². The molecule has 2 rings (SSSR count). The normalized spacial score (nSPS) is 12.4. The van der Waals surface area contributed by atoms with Crippen LogP contribution in [0, 0.1) is 6.92 Å². The van der Waals surface area contributed by atoms with E-state index in [0.717, 1.165) is 5.39 Å². The Morgan fingerprint density at radius 1 is 1.42 bits per heavy atom. The first-order valence-corrected chi connectivity index (χ1v) is 6.00. The molecule has 6 heteroatoms. The molecule has 0 saturated heterocycles. The number of carboxylic acids is 1. The van der Waals surface area contributed by atoms with Crippen molar-refractivity contribution in [3.05, 3.63) is 34.5 Å². The summed E-state index contributed by atoms with van der Waals surface area (Å²) in [5, 5.41) is 12.4. The molecule has 1 aromatic carbocycles. The lowest BCUT2D eigenvalue weighted by molar-refractivity contribution is -0.138. The second kappa shape index (κ2) is 4.93. The lowest BCUT2D eigenvalue weighted by atomic mass is 10.1. The van der Waals surface area contributed by atoms with Gasteiger partial charge in [0.05, 0.1) is 0 Å². The van der Waals surface area contributed by atoms with E-state index in [1.165, 1.54) is 6.92 Å². The summed E-state index contributed by atoms with van der Waals surface area (Å²) in [6, 6.07) is 4.05. The van der Waals surface area contributed by atoms with Gasteiger partial charge in [0.1, 0.15) is 11.6 Å². The highest BCUT2D eigenvalue weighted by Crippen LogP contribution is 2.27. The maximum absolute atomic E-state index is 11.9. The molecule has 2 aromatic rings. The molecule has 1 atom stereocenters. The van der Waals surface area contributed by atoms with Gasteiger partial charge >= 0.3 is 5.97 Å². The summed E-state index contributed by atoms with van der Waals surface area (Å²) in [7, 11) is 0. The second-order valence-electron chi connectivity index (χ2n) is 4.23. The van der Waals surface area contributed by atoms with Gasteiger partial charge in [0.2, 0.25) is 0 Å². The van der Waals surface area contributed by atoms with Crippen LogP contribution in [-0.2, 0) is 4.79 Å². The van der Waals surface area contributed by atoms with E-state index >= 15 is 0 Å². The van der Waals surface area contributed by atoms with Gasteiger partial charge in [-0.3, -0.25) is 9.59 Å². The van der Waals surface area contributed by atoms with Crippen LogP contribution in [0.4, 0.5) is 0 Å². The molecule has 2 N–H and O–H groups in total. The Balaban J connectivity index is 2.37. The maximum atomic E-state index is 11.9. The number of fused-ring (bicyclic) bond motifs is 1. The van der Waals surface area contributed by atoms with Gasteiger partial charge in [-0.25, -0.2) is 0 Å². The standard InChI is InChI=1S/C13H12ClNO4/c1-6-9-5-8(14)3-4-10(9)19-11(6)12(16)15-7(2)13(17)18/h3-5,7H,1-2H3,(H,15,16)(H,17,18)/t7-/m1/s1. The Morgan fingerprint density at radius 3 is 2.74 bits per heavy atom. The number of hydrogen-bond donors (Lipinski definition) is 2. The highest BCUT2D eigenvalue weighted by Gasteiger charge is 2.21. The molecule has 0 unspecified atom stereocenters. The molecule has 0 spiro atoms. The fourth-order valence-electron chi connectivity index (χ4n) is 1.73. The highest BCUT2D eigenvalue weighted by molar-refractivity contribution is 6.31. The Labute approximate surface area is 114 Å². The minimum Gasteiger partial charge on any atom is -0.480 e. The monoisotopic (exact) mass is 281 g/mol. The van der Waals surface area contributed by atoms with Crippen LogP contribution in [-0.4, -0.2) is 23.0 Å². The fraction of sp³-hybridized carbons (Fsp3) is 0.231. The molecular formula is C13H12ClNO4. The van der Waals surface area contributed by atoms with Crippen LogP contribution in [0.25, 0.3) is 11.0 Å². The quantitative estimate of drug-likeness (QED) is 0.906. The summed E-state index contributed by atoms with van der Waals surface area (Å²) in [4.78, 5) is 22.6. The van der Waals surface area contributed by atoms with Crippen LogP contribution in [0.5, 0.6) is 0 Å². The molecule has 1 amide bonds. The van der Waals surface area contributed by atoms with Crippen molar-refractivity contribution in [2.24, 2.45) is 0 Å². The van der Waals surface area contributed by atoms with E-state index in [9.17, 15) is 9.59 Å². The molecule has 5 nitrogen and oxygen atoms in total. The molecule has 0 aliphatic heterocycles. The van der Waals surface area contributed by atoms with E-state index in [0.29, 0.717) is 16.2 Å². The number of hydrogen-bond acceptors (Lipinski definition) is 3. The molecule has 100 valence electrons. The first kappa shape index (κ1) is 13.4. The van der Waals surface area contributed by atoms with Gasteiger partial charge < -0.3 is 14.8 Å². The molecule has 0 aliphatic carbocycles. The van der Waals surface area contributed by atoms with Crippen molar-refractivity contribution in [1.82, 2.24) is 5.32 Å². The van der Waals surface area contributed by atoms with Crippen molar-refractivity contribution >= 4 is 34.4 Å². The Bertz CT molecular complexity index is 662. The van der Waals surface area contributed by atoms with Crippen LogP contribution in [0.3, 0.4) is 0 Å². The van der Waals surface area contributed by atoms with Crippen molar-refractivity contribution in [3.63, 3.8) is 0 Å². The van der Waals surface area contributed by atoms with Crippen LogP contribution in [0.2, 0.25) is 5.02 Å². The number of aliphatic carboxylic acids is 1. The molecule has 0 fully saturated rings. The number of amides is 1. The third kappa shape index (κ3) is 2.56. The molecule has 0 radical (unpaired) electrons. The van der Waals surface area contributed by atoms with Crippen LogP contribution in [0.15, 0.2) is 22.6 Å². The minimum atomic E-state index is -1.11. The van der Waals surface area contributed by atoms with E-state index in [-0.39, 0.29) is 5.76 Å². The number of furan rings is 1. The molecule has 0 bridgehead atoms. The molecule has 1 aromatic heterocycles. The number of benzene rings is 1. The van der Waals surface area contributed by atoms with Gasteiger partial charge in [0.25, 0.3) is 5.91 Å². The summed E-state index contributed by atoms with van der Waals surface area (Å²) in [5.74, 6) is -1.56. The van der Waals surface area contributed by atoms with Crippen molar-refractivity contribution in [1.29, 1.82) is 0 Å². The predicted octanol–water partition coefficient (Wildman–Crippen LogP) is 2.60. The van der Waals surface area contributed by atoms with Crippen molar-refractivity contribution in [3.8, 4) is 0 Å². The van der Waals surface area contributed by atoms with Crippen LogP contribution >= 0.6 is 11.6 Å². The topological polar surface area (TPSA) is 79.5 Å². The van der Waals surface area contributed by atoms with Gasteiger partial charge in [-0.1, -0.05) is 11.6 Å². The summed E-state index contributed by atoms with van der Waals surface area (Å²) >= 11 is 5.89. The van der Waals surface area contributed by atoms with Crippen molar-refractivity contribution in [2.45, 2.75) is 19.9 Å². The molecule has 19 heavy (non-hydrogen) atoms. The van der Waals surface area contributed by atoms with E-state index < -0.39 is 17.9 Å².